The van der Waals surface area contributed by atoms with Gasteiger partial charge in [0.1, 0.15) is 12.2 Å². The molecule has 5 aromatic rings. The van der Waals surface area contributed by atoms with E-state index in [0.29, 0.717) is 21.9 Å². The van der Waals surface area contributed by atoms with E-state index < -0.39 is 0 Å². The molecule has 4 heterocycles. The second-order valence-electron chi connectivity index (χ2n) is 7.33. The van der Waals surface area contributed by atoms with Gasteiger partial charge in [0.25, 0.3) is 5.89 Å². The summed E-state index contributed by atoms with van der Waals surface area (Å²) in [5, 5.41) is 16.5. The Morgan fingerprint density at radius 3 is 2.85 bits per heavy atom. The van der Waals surface area contributed by atoms with Gasteiger partial charge in [0, 0.05) is 49.2 Å². The Morgan fingerprint density at radius 2 is 2.09 bits per heavy atom. The normalized spacial score (nSPS) is 11.1. The number of anilines is 2. The second-order valence-corrected chi connectivity index (χ2v) is 7.73. The minimum Gasteiger partial charge on any atom is -0.403 e. The van der Waals surface area contributed by atoms with Gasteiger partial charge in [-0.1, -0.05) is 28.8 Å². The molecule has 4 aromatic heterocycles. The number of amides is 1. The van der Waals surface area contributed by atoms with E-state index in [1.165, 1.54) is 0 Å². The second kappa shape index (κ2) is 8.40. The maximum Gasteiger partial charge on any atom is 0.323 e. The first kappa shape index (κ1) is 20.7. The summed E-state index contributed by atoms with van der Waals surface area (Å²) in [7, 11) is 3.42. The van der Waals surface area contributed by atoms with Crippen molar-refractivity contribution in [3.05, 3.63) is 60.1 Å². The topological polar surface area (TPSA) is 118 Å². The van der Waals surface area contributed by atoms with E-state index >= 15 is 0 Å². The summed E-state index contributed by atoms with van der Waals surface area (Å²) < 4.78 is 7.74. The van der Waals surface area contributed by atoms with Gasteiger partial charge in [0.2, 0.25) is 5.91 Å². The molecule has 0 unspecified atom stereocenters. The van der Waals surface area contributed by atoms with Gasteiger partial charge in [-0.3, -0.25) is 14.4 Å². The van der Waals surface area contributed by atoms with E-state index in [0.717, 1.165) is 16.5 Å². The van der Waals surface area contributed by atoms with Gasteiger partial charge < -0.3 is 14.7 Å². The molecular formula is C22H19ClN8O2. The lowest BCUT2D eigenvalue weighted by Crippen LogP contribution is -2.33. The molecule has 1 aromatic carbocycles. The third-order valence-electron chi connectivity index (χ3n) is 5.17. The van der Waals surface area contributed by atoms with Crippen LogP contribution in [0.3, 0.4) is 0 Å². The van der Waals surface area contributed by atoms with Crippen LogP contribution in [0.4, 0.5) is 11.7 Å². The highest BCUT2D eigenvalue weighted by atomic mass is 35.5. The molecule has 0 aliphatic heterocycles. The molecule has 0 saturated carbocycles. The number of rotatable bonds is 6. The quantitative estimate of drug-likeness (QED) is 0.396. The van der Waals surface area contributed by atoms with E-state index in [4.69, 9.17) is 16.0 Å². The van der Waals surface area contributed by atoms with E-state index in [-0.39, 0.29) is 24.4 Å². The largest absolute Gasteiger partial charge is 0.403 e. The number of nitrogens with one attached hydrogen (secondary N) is 2. The molecular weight excluding hydrogens is 444 g/mol. The molecule has 10 nitrogen and oxygen atoms in total. The van der Waals surface area contributed by atoms with Crippen LogP contribution in [0.5, 0.6) is 0 Å². The number of aromatic nitrogens is 6. The number of benzene rings is 1. The van der Waals surface area contributed by atoms with Crippen molar-refractivity contribution in [2.24, 2.45) is 7.05 Å². The summed E-state index contributed by atoms with van der Waals surface area (Å²) in [5.41, 5.74) is 3.82. The number of H-pyrrole nitrogens is 1. The van der Waals surface area contributed by atoms with Gasteiger partial charge in [-0.05, 0) is 18.2 Å². The Hall–Kier alpha value is -4.18. The zero-order chi connectivity index (χ0) is 22.9. The van der Waals surface area contributed by atoms with Crippen molar-refractivity contribution >= 4 is 40.2 Å². The molecule has 0 saturated heterocycles. The molecule has 0 bridgehead atoms. The third kappa shape index (κ3) is 3.92. The predicted molar refractivity (Wildman–Crippen MR) is 124 cm³/mol. The van der Waals surface area contributed by atoms with Gasteiger partial charge in [0.15, 0.2) is 0 Å². The van der Waals surface area contributed by atoms with E-state index in [2.05, 4.69) is 30.6 Å². The van der Waals surface area contributed by atoms with Crippen LogP contribution in [0.2, 0.25) is 5.02 Å². The fraction of sp³-hybridized carbons (Fsp3) is 0.136. The van der Waals surface area contributed by atoms with Crippen LogP contribution in [-0.2, 0) is 11.8 Å². The summed E-state index contributed by atoms with van der Waals surface area (Å²) in [4.78, 5) is 21.4. The summed E-state index contributed by atoms with van der Waals surface area (Å²) in [6.45, 7) is -0.0392. The lowest BCUT2D eigenvalue weighted by molar-refractivity contribution is -0.119. The number of nitrogens with zero attached hydrogens (tertiary/aromatic N) is 6. The standard InChI is InChI=1S/C22H19ClN8O2/c1-24-19(32)12-31(18-6-4-3-5-17(18)23)22-29-28-21(33-22)16-10-26-20-15(16)7-13(8-25-20)14-9-27-30(2)11-14/h3-11H,12H2,1-2H3,(H,24,32)(H,25,26). The molecule has 166 valence electrons. The number of aromatic amines is 1. The van der Waals surface area contributed by atoms with Crippen LogP contribution < -0.4 is 10.2 Å². The summed E-state index contributed by atoms with van der Waals surface area (Å²) in [5.74, 6) is 0.0578. The van der Waals surface area contributed by atoms with Crippen LogP contribution in [0.15, 0.2) is 59.5 Å². The predicted octanol–water partition coefficient (Wildman–Crippen LogP) is 3.55. The minimum absolute atomic E-state index is 0.0392. The van der Waals surface area contributed by atoms with Crippen LogP contribution in [0, 0.1) is 0 Å². The smallest absolute Gasteiger partial charge is 0.323 e. The number of hydrogen-bond donors (Lipinski definition) is 2. The lowest BCUT2D eigenvalue weighted by atomic mass is 10.1. The molecule has 0 spiro atoms. The Labute approximate surface area is 193 Å². The number of carbonyl (C=O) groups is 1. The minimum atomic E-state index is -0.230. The first-order valence-corrected chi connectivity index (χ1v) is 10.4. The fourth-order valence-corrected chi connectivity index (χ4v) is 3.73. The third-order valence-corrected chi connectivity index (χ3v) is 5.49. The van der Waals surface area contributed by atoms with Crippen molar-refractivity contribution in [3.8, 4) is 22.6 Å². The molecule has 0 atom stereocenters. The molecule has 2 N–H and O–H groups in total. The monoisotopic (exact) mass is 462 g/mol. The number of pyridine rings is 1. The van der Waals surface area contributed by atoms with Crippen LogP contribution in [0.1, 0.15) is 0 Å². The highest BCUT2D eigenvalue weighted by molar-refractivity contribution is 6.33. The average Bonchev–Trinajstić information content (AvgIpc) is 3.56. The van der Waals surface area contributed by atoms with Crippen molar-refractivity contribution in [2.75, 3.05) is 18.5 Å². The lowest BCUT2D eigenvalue weighted by Gasteiger charge is -2.20. The zero-order valence-electron chi connectivity index (χ0n) is 17.8. The molecule has 0 radical (unpaired) electrons. The van der Waals surface area contributed by atoms with Gasteiger partial charge in [0.05, 0.1) is 22.5 Å². The van der Waals surface area contributed by atoms with Crippen molar-refractivity contribution in [2.45, 2.75) is 0 Å². The first-order valence-electron chi connectivity index (χ1n) is 10.1. The van der Waals surface area contributed by atoms with Gasteiger partial charge in [-0.15, -0.1) is 5.10 Å². The number of fused-ring (bicyclic) bond motifs is 1. The van der Waals surface area contributed by atoms with E-state index in [1.54, 1.807) is 47.4 Å². The van der Waals surface area contributed by atoms with Crippen molar-refractivity contribution < 1.29 is 9.21 Å². The number of carbonyl (C=O) groups excluding carboxylic acids is 1. The number of likely N-dealkylation sites (N-methyl/N-ethyl adjacent to an activating group) is 1. The van der Waals surface area contributed by atoms with Crippen molar-refractivity contribution in [1.29, 1.82) is 0 Å². The summed E-state index contributed by atoms with van der Waals surface area (Å²) >= 11 is 6.37. The van der Waals surface area contributed by atoms with Crippen molar-refractivity contribution in [1.82, 2.24) is 35.3 Å². The molecule has 33 heavy (non-hydrogen) atoms. The Bertz CT molecular complexity index is 1450. The Kier molecular flexibility index (Phi) is 5.27. The Morgan fingerprint density at radius 1 is 1.24 bits per heavy atom. The SMILES string of the molecule is CNC(=O)CN(c1nnc(-c2c[nH]c3ncc(-c4cnn(C)c4)cc23)o1)c1ccccc1Cl. The highest BCUT2D eigenvalue weighted by Crippen LogP contribution is 2.35. The fourth-order valence-electron chi connectivity index (χ4n) is 3.49. The van der Waals surface area contributed by atoms with Crippen LogP contribution in [0.25, 0.3) is 33.6 Å². The Balaban J connectivity index is 1.55. The number of para-hydroxylation sites is 1. The van der Waals surface area contributed by atoms with Gasteiger partial charge in [-0.25, -0.2) is 4.98 Å². The summed E-state index contributed by atoms with van der Waals surface area (Å²) in [6, 6.07) is 9.28. The average molecular weight is 463 g/mol. The number of halogens is 1. The number of aryl methyl sites for hydroxylation is 1. The molecule has 0 aliphatic carbocycles. The van der Waals surface area contributed by atoms with Crippen LogP contribution in [-0.4, -0.2) is 49.4 Å². The maximum atomic E-state index is 12.2. The van der Waals surface area contributed by atoms with Crippen LogP contribution >= 0.6 is 11.6 Å². The molecule has 0 fully saturated rings. The molecule has 1 amide bonds. The highest BCUT2D eigenvalue weighted by Gasteiger charge is 2.23. The summed E-state index contributed by atoms with van der Waals surface area (Å²) in [6.07, 6.45) is 7.24. The number of hydrogen-bond acceptors (Lipinski definition) is 7. The molecule has 11 heteroatoms. The van der Waals surface area contributed by atoms with E-state index in [9.17, 15) is 4.79 Å². The van der Waals surface area contributed by atoms with Crippen molar-refractivity contribution in [3.63, 3.8) is 0 Å². The van der Waals surface area contributed by atoms with E-state index in [1.807, 2.05) is 31.4 Å². The maximum absolute atomic E-state index is 12.2. The molecule has 0 aliphatic rings. The first-order chi connectivity index (χ1) is 16.0. The zero-order valence-corrected chi connectivity index (χ0v) is 18.5. The molecule has 5 rings (SSSR count). The van der Waals surface area contributed by atoms with Gasteiger partial charge in [-0.2, -0.15) is 5.10 Å². The van der Waals surface area contributed by atoms with Gasteiger partial charge >= 0.3 is 6.01 Å².